The van der Waals surface area contributed by atoms with Gasteiger partial charge in [-0.1, -0.05) is 6.92 Å². The van der Waals surface area contributed by atoms with E-state index < -0.39 is 5.97 Å². The van der Waals surface area contributed by atoms with Crippen LogP contribution in [-0.4, -0.2) is 23.0 Å². The number of rotatable bonds is 6. The number of amides is 1. The van der Waals surface area contributed by atoms with Crippen molar-refractivity contribution in [1.29, 1.82) is 0 Å². The average Bonchev–Trinajstić information content (AvgIpc) is 2.74. The van der Waals surface area contributed by atoms with Crippen LogP contribution < -0.4 is 5.32 Å². The van der Waals surface area contributed by atoms with Crippen molar-refractivity contribution < 1.29 is 14.7 Å². The smallest absolute Gasteiger partial charge is 0.303 e. The lowest BCUT2D eigenvalue weighted by molar-refractivity contribution is -0.137. The second-order valence-electron chi connectivity index (χ2n) is 3.93. The van der Waals surface area contributed by atoms with Gasteiger partial charge in [0, 0.05) is 17.3 Å². The third-order valence-corrected chi connectivity index (χ3v) is 3.63. The normalized spacial score (nSPS) is 12.1. The minimum Gasteiger partial charge on any atom is -0.481 e. The zero-order valence-electron chi connectivity index (χ0n) is 10.0. The van der Waals surface area contributed by atoms with Crippen molar-refractivity contribution in [2.24, 2.45) is 0 Å². The van der Waals surface area contributed by atoms with Gasteiger partial charge in [-0.15, -0.1) is 11.3 Å². The standard InChI is InChI=1S/C12H17NO3S/c1-3-9-5-6-10(17-9)12(16)13-8(2)4-7-11(14)15/h5-6,8H,3-4,7H2,1-2H3,(H,13,16)(H,14,15). The molecule has 0 spiro atoms. The Labute approximate surface area is 105 Å². The summed E-state index contributed by atoms with van der Waals surface area (Å²) in [5, 5.41) is 11.3. The fraction of sp³-hybridized carbons (Fsp3) is 0.500. The highest BCUT2D eigenvalue weighted by molar-refractivity contribution is 7.14. The van der Waals surface area contributed by atoms with Crippen molar-refractivity contribution in [2.75, 3.05) is 0 Å². The lowest BCUT2D eigenvalue weighted by atomic mass is 10.2. The molecule has 1 aromatic heterocycles. The third kappa shape index (κ3) is 4.56. The largest absolute Gasteiger partial charge is 0.481 e. The highest BCUT2D eigenvalue weighted by Gasteiger charge is 2.12. The monoisotopic (exact) mass is 255 g/mol. The molecule has 0 saturated carbocycles. The molecule has 0 aliphatic rings. The van der Waals surface area contributed by atoms with E-state index in [1.54, 1.807) is 0 Å². The van der Waals surface area contributed by atoms with Crippen LogP contribution in [0.15, 0.2) is 12.1 Å². The number of nitrogens with one attached hydrogen (secondary N) is 1. The molecule has 1 unspecified atom stereocenters. The number of carbonyl (C=O) groups is 2. The van der Waals surface area contributed by atoms with E-state index in [4.69, 9.17) is 5.11 Å². The Morgan fingerprint density at radius 3 is 2.71 bits per heavy atom. The molecule has 1 aromatic rings. The molecule has 1 heterocycles. The highest BCUT2D eigenvalue weighted by Crippen LogP contribution is 2.16. The summed E-state index contributed by atoms with van der Waals surface area (Å²) >= 11 is 1.48. The Kier molecular flexibility index (Phi) is 5.15. The Balaban J connectivity index is 2.45. The molecule has 1 atom stereocenters. The van der Waals surface area contributed by atoms with E-state index in [1.807, 2.05) is 26.0 Å². The molecule has 0 aromatic carbocycles. The van der Waals surface area contributed by atoms with Crippen molar-refractivity contribution in [2.45, 2.75) is 39.2 Å². The lowest BCUT2D eigenvalue weighted by Gasteiger charge is -2.11. The van der Waals surface area contributed by atoms with Gasteiger partial charge in [-0.3, -0.25) is 9.59 Å². The molecule has 0 saturated heterocycles. The molecule has 1 rings (SSSR count). The second kappa shape index (κ2) is 6.39. The first kappa shape index (κ1) is 13.7. The third-order valence-electron chi connectivity index (χ3n) is 2.40. The van der Waals surface area contributed by atoms with Crippen LogP contribution in [0.1, 0.15) is 41.2 Å². The van der Waals surface area contributed by atoms with Crippen molar-refractivity contribution in [3.63, 3.8) is 0 Å². The molecule has 94 valence electrons. The Bertz CT molecular complexity index is 400. The number of thiophene rings is 1. The van der Waals surface area contributed by atoms with Gasteiger partial charge in [0.15, 0.2) is 0 Å². The Morgan fingerprint density at radius 1 is 1.47 bits per heavy atom. The summed E-state index contributed by atoms with van der Waals surface area (Å²) in [5.74, 6) is -0.955. The molecule has 4 nitrogen and oxygen atoms in total. The van der Waals surface area contributed by atoms with Crippen molar-refractivity contribution >= 4 is 23.2 Å². The van der Waals surface area contributed by atoms with E-state index in [1.165, 1.54) is 16.2 Å². The first-order chi connectivity index (χ1) is 8.02. The molecule has 5 heteroatoms. The van der Waals surface area contributed by atoms with Crippen LogP contribution >= 0.6 is 11.3 Å². The molecular formula is C12H17NO3S. The molecule has 0 bridgehead atoms. The van der Waals surface area contributed by atoms with Crippen LogP contribution in [-0.2, 0) is 11.2 Å². The van der Waals surface area contributed by atoms with E-state index in [0.29, 0.717) is 11.3 Å². The summed E-state index contributed by atoms with van der Waals surface area (Å²) < 4.78 is 0. The zero-order valence-corrected chi connectivity index (χ0v) is 10.8. The SMILES string of the molecule is CCc1ccc(C(=O)NC(C)CCC(=O)O)s1. The quantitative estimate of drug-likeness (QED) is 0.819. The van der Waals surface area contributed by atoms with Gasteiger partial charge in [0.25, 0.3) is 5.91 Å². The fourth-order valence-corrected chi connectivity index (χ4v) is 2.25. The lowest BCUT2D eigenvalue weighted by Crippen LogP contribution is -2.32. The molecule has 2 N–H and O–H groups in total. The molecule has 0 aliphatic heterocycles. The van der Waals surface area contributed by atoms with Gasteiger partial charge in [0.05, 0.1) is 4.88 Å². The van der Waals surface area contributed by atoms with E-state index in [9.17, 15) is 9.59 Å². The minimum atomic E-state index is -0.838. The maximum Gasteiger partial charge on any atom is 0.303 e. The molecule has 0 fully saturated rings. The first-order valence-corrected chi connectivity index (χ1v) is 6.46. The van der Waals surface area contributed by atoms with E-state index in [2.05, 4.69) is 5.32 Å². The molecular weight excluding hydrogens is 238 g/mol. The fourth-order valence-electron chi connectivity index (χ4n) is 1.40. The van der Waals surface area contributed by atoms with E-state index in [0.717, 1.165) is 6.42 Å². The number of carboxylic acid groups (broad SMARTS) is 1. The molecule has 1 amide bonds. The zero-order chi connectivity index (χ0) is 12.8. The van der Waals surface area contributed by atoms with Crippen molar-refractivity contribution in [1.82, 2.24) is 5.32 Å². The number of aryl methyl sites for hydroxylation is 1. The molecule has 17 heavy (non-hydrogen) atoms. The molecule has 0 radical (unpaired) electrons. The number of carboxylic acids is 1. The van der Waals surface area contributed by atoms with Gasteiger partial charge < -0.3 is 10.4 Å². The van der Waals surface area contributed by atoms with Crippen LogP contribution in [0.5, 0.6) is 0 Å². The number of carbonyl (C=O) groups excluding carboxylic acids is 1. The topological polar surface area (TPSA) is 66.4 Å². The van der Waals surface area contributed by atoms with E-state index in [-0.39, 0.29) is 18.4 Å². The maximum atomic E-state index is 11.8. The second-order valence-corrected chi connectivity index (χ2v) is 5.09. The van der Waals surface area contributed by atoms with Crippen LogP contribution in [0.4, 0.5) is 0 Å². The first-order valence-electron chi connectivity index (χ1n) is 5.64. The average molecular weight is 255 g/mol. The number of aliphatic carboxylic acids is 1. The van der Waals surface area contributed by atoms with Gasteiger partial charge in [-0.2, -0.15) is 0 Å². The van der Waals surface area contributed by atoms with Gasteiger partial charge in [-0.25, -0.2) is 0 Å². The summed E-state index contributed by atoms with van der Waals surface area (Å²) in [6.45, 7) is 3.86. The van der Waals surface area contributed by atoms with Crippen LogP contribution in [0.25, 0.3) is 0 Å². The summed E-state index contributed by atoms with van der Waals surface area (Å²) in [4.78, 5) is 24.0. The predicted molar refractivity (Wildman–Crippen MR) is 67.5 cm³/mol. The van der Waals surface area contributed by atoms with E-state index >= 15 is 0 Å². The summed E-state index contributed by atoms with van der Waals surface area (Å²) in [5.41, 5.74) is 0. The summed E-state index contributed by atoms with van der Waals surface area (Å²) in [6.07, 6.45) is 1.45. The van der Waals surface area contributed by atoms with Gasteiger partial charge in [-0.05, 0) is 31.9 Å². The van der Waals surface area contributed by atoms with Gasteiger partial charge in [0.2, 0.25) is 0 Å². The van der Waals surface area contributed by atoms with Crippen molar-refractivity contribution in [3.8, 4) is 0 Å². The highest BCUT2D eigenvalue weighted by atomic mass is 32.1. The predicted octanol–water partition coefficient (Wildman–Crippen LogP) is 2.29. The van der Waals surface area contributed by atoms with Crippen molar-refractivity contribution in [3.05, 3.63) is 21.9 Å². The minimum absolute atomic E-state index is 0.0755. The summed E-state index contributed by atoms with van der Waals surface area (Å²) in [7, 11) is 0. The van der Waals surface area contributed by atoms with Gasteiger partial charge in [0.1, 0.15) is 0 Å². The number of hydrogen-bond donors (Lipinski definition) is 2. The van der Waals surface area contributed by atoms with Crippen LogP contribution in [0, 0.1) is 0 Å². The van der Waals surface area contributed by atoms with Crippen LogP contribution in [0.2, 0.25) is 0 Å². The van der Waals surface area contributed by atoms with Gasteiger partial charge >= 0.3 is 5.97 Å². The number of hydrogen-bond acceptors (Lipinski definition) is 3. The maximum absolute atomic E-state index is 11.8. The summed E-state index contributed by atoms with van der Waals surface area (Å²) in [6, 6.07) is 3.63. The Hall–Kier alpha value is -1.36. The molecule has 0 aliphatic carbocycles. The Morgan fingerprint density at radius 2 is 2.18 bits per heavy atom. The van der Waals surface area contributed by atoms with Crippen LogP contribution in [0.3, 0.4) is 0 Å².